The molecular formula is C27H22F4N2O3. The number of halogens is 4. The Labute approximate surface area is 204 Å². The fourth-order valence-electron chi connectivity index (χ4n) is 4.77. The fourth-order valence-corrected chi connectivity index (χ4v) is 4.77. The van der Waals surface area contributed by atoms with E-state index < -0.39 is 6.36 Å². The van der Waals surface area contributed by atoms with Crippen molar-refractivity contribution in [2.45, 2.75) is 32.0 Å². The van der Waals surface area contributed by atoms with Gasteiger partial charge in [0, 0.05) is 36.0 Å². The van der Waals surface area contributed by atoms with Crippen LogP contribution >= 0.6 is 0 Å². The summed E-state index contributed by atoms with van der Waals surface area (Å²) in [6.07, 6.45) is -3.36. The number of hydrogen-bond donors (Lipinski definition) is 0. The van der Waals surface area contributed by atoms with E-state index in [0.717, 1.165) is 22.2 Å². The summed E-state index contributed by atoms with van der Waals surface area (Å²) >= 11 is 0. The Balaban J connectivity index is 1.30. The van der Waals surface area contributed by atoms with E-state index in [0.29, 0.717) is 42.6 Å². The van der Waals surface area contributed by atoms with Crippen molar-refractivity contribution in [2.75, 3.05) is 13.1 Å². The molecule has 0 radical (unpaired) electrons. The maximum absolute atomic E-state index is 13.5. The van der Waals surface area contributed by atoms with Crippen LogP contribution < -0.4 is 4.74 Å². The normalized spacial score (nSPS) is 14.9. The van der Waals surface area contributed by atoms with Crippen LogP contribution in [0, 0.1) is 12.7 Å². The Hall–Kier alpha value is -3.88. The summed E-state index contributed by atoms with van der Waals surface area (Å²) in [6.45, 7) is 2.90. The number of rotatable bonds is 4. The zero-order valence-electron chi connectivity index (χ0n) is 19.3. The van der Waals surface area contributed by atoms with Crippen LogP contribution in [0.1, 0.15) is 40.4 Å². The van der Waals surface area contributed by atoms with Crippen molar-refractivity contribution >= 4 is 16.9 Å². The molecule has 0 saturated carbocycles. The highest BCUT2D eigenvalue weighted by atomic mass is 19.4. The SMILES string of the molecule is Cc1c(C(=O)N2CCC(c3noc4cc(F)ccc34)CC2)cccc1-c1ccc(OC(F)(F)F)cc1. The number of aromatic nitrogens is 1. The topological polar surface area (TPSA) is 55.6 Å². The molecule has 3 aromatic carbocycles. The molecule has 0 spiro atoms. The number of likely N-dealkylation sites (tertiary alicyclic amines) is 1. The second kappa shape index (κ2) is 9.29. The molecule has 0 atom stereocenters. The summed E-state index contributed by atoms with van der Waals surface area (Å²) in [7, 11) is 0. The van der Waals surface area contributed by atoms with E-state index in [1.54, 1.807) is 23.1 Å². The van der Waals surface area contributed by atoms with E-state index in [-0.39, 0.29) is 23.4 Å². The van der Waals surface area contributed by atoms with E-state index in [9.17, 15) is 22.4 Å². The predicted octanol–water partition coefficient (Wildman–Crippen LogP) is 6.86. The molecular weight excluding hydrogens is 476 g/mol. The molecule has 36 heavy (non-hydrogen) atoms. The number of hydrogen-bond acceptors (Lipinski definition) is 4. The summed E-state index contributed by atoms with van der Waals surface area (Å²) in [5.74, 6) is -0.680. The highest BCUT2D eigenvalue weighted by Gasteiger charge is 2.31. The zero-order valence-corrected chi connectivity index (χ0v) is 19.3. The first-order chi connectivity index (χ1) is 17.2. The Morgan fingerprint density at radius 2 is 1.78 bits per heavy atom. The van der Waals surface area contributed by atoms with Gasteiger partial charge in [-0.05, 0) is 66.8 Å². The lowest BCUT2D eigenvalue weighted by Crippen LogP contribution is -2.38. The summed E-state index contributed by atoms with van der Waals surface area (Å²) in [6, 6.07) is 15.3. The van der Waals surface area contributed by atoms with Gasteiger partial charge in [0.05, 0.1) is 5.69 Å². The van der Waals surface area contributed by atoms with Gasteiger partial charge in [0.25, 0.3) is 5.91 Å². The number of piperidine rings is 1. The number of amides is 1. The highest BCUT2D eigenvalue weighted by Crippen LogP contribution is 2.34. The first-order valence-corrected chi connectivity index (χ1v) is 11.5. The summed E-state index contributed by atoms with van der Waals surface area (Å²) in [5.41, 5.74) is 3.94. The lowest BCUT2D eigenvalue weighted by atomic mass is 9.90. The van der Waals surface area contributed by atoms with Crippen molar-refractivity contribution in [1.29, 1.82) is 0 Å². The molecule has 0 aliphatic carbocycles. The quantitative estimate of drug-likeness (QED) is 0.289. The lowest BCUT2D eigenvalue weighted by molar-refractivity contribution is -0.274. The van der Waals surface area contributed by atoms with Crippen molar-refractivity contribution in [3.63, 3.8) is 0 Å². The second-order valence-electron chi connectivity index (χ2n) is 8.83. The second-order valence-corrected chi connectivity index (χ2v) is 8.83. The van der Waals surface area contributed by atoms with Gasteiger partial charge in [-0.1, -0.05) is 29.4 Å². The van der Waals surface area contributed by atoms with Crippen molar-refractivity contribution in [3.05, 3.63) is 83.3 Å². The van der Waals surface area contributed by atoms with Crippen molar-refractivity contribution < 1.29 is 31.6 Å². The van der Waals surface area contributed by atoms with Crippen molar-refractivity contribution in [1.82, 2.24) is 10.1 Å². The van der Waals surface area contributed by atoms with Gasteiger partial charge in [-0.3, -0.25) is 4.79 Å². The van der Waals surface area contributed by atoms with Gasteiger partial charge < -0.3 is 14.2 Å². The number of ether oxygens (including phenoxy) is 1. The van der Waals surface area contributed by atoms with Crippen LogP contribution in [-0.4, -0.2) is 35.4 Å². The number of fused-ring (bicyclic) bond motifs is 1. The molecule has 9 heteroatoms. The molecule has 1 amide bonds. The minimum absolute atomic E-state index is 0.100. The molecule has 2 heterocycles. The van der Waals surface area contributed by atoms with Gasteiger partial charge in [0.2, 0.25) is 0 Å². The van der Waals surface area contributed by atoms with Gasteiger partial charge in [-0.2, -0.15) is 0 Å². The van der Waals surface area contributed by atoms with Crippen LogP contribution in [0.5, 0.6) is 5.75 Å². The Kier molecular flexibility index (Phi) is 6.15. The number of benzene rings is 3. The maximum Gasteiger partial charge on any atom is 0.573 e. The molecule has 0 bridgehead atoms. The number of carbonyl (C=O) groups is 1. The molecule has 0 unspecified atom stereocenters. The molecule has 1 aromatic heterocycles. The minimum atomic E-state index is -4.75. The molecule has 1 aliphatic rings. The highest BCUT2D eigenvalue weighted by molar-refractivity contribution is 5.97. The van der Waals surface area contributed by atoms with Crippen LogP contribution in [0.3, 0.4) is 0 Å². The van der Waals surface area contributed by atoms with Crippen LogP contribution in [0.15, 0.2) is 65.2 Å². The lowest BCUT2D eigenvalue weighted by Gasteiger charge is -2.32. The predicted molar refractivity (Wildman–Crippen MR) is 125 cm³/mol. The third-order valence-electron chi connectivity index (χ3n) is 6.59. The average molecular weight is 498 g/mol. The number of nitrogens with zero attached hydrogens (tertiary/aromatic N) is 2. The Morgan fingerprint density at radius 1 is 1.06 bits per heavy atom. The number of carbonyl (C=O) groups excluding carboxylic acids is 1. The maximum atomic E-state index is 13.5. The van der Waals surface area contributed by atoms with E-state index >= 15 is 0 Å². The van der Waals surface area contributed by atoms with Gasteiger partial charge in [0.15, 0.2) is 5.58 Å². The molecule has 5 rings (SSSR count). The van der Waals surface area contributed by atoms with Gasteiger partial charge in [-0.15, -0.1) is 13.2 Å². The van der Waals surface area contributed by atoms with E-state index in [1.165, 1.54) is 36.4 Å². The van der Waals surface area contributed by atoms with E-state index in [2.05, 4.69) is 9.89 Å². The summed E-state index contributed by atoms with van der Waals surface area (Å²) in [5, 5.41) is 4.95. The van der Waals surface area contributed by atoms with E-state index in [4.69, 9.17) is 4.52 Å². The van der Waals surface area contributed by atoms with Crippen molar-refractivity contribution in [3.8, 4) is 16.9 Å². The first-order valence-electron chi connectivity index (χ1n) is 11.5. The summed E-state index contributed by atoms with van der Waals surface area (Å²) in [4.78, 5) is 15.2. The smallest absolute Gasteiger partial charge is 0.406 e. The van der Waals surface area contributed by atoms with Gasteiger partial charge in [-0.25, -0.2) is 4.39 Å². The van der Waals surface area contributed by atoms with Gasteiger partial charge in [0.1, 0.15) is 11.6 Å². The fraction of sp³-hybridized carbons (Fsp3) is 0.259. The zero-order chi connectivity index (χ0) is 25.4. The average Bonchev–Trinajstić information content (AvgIpc) is 3.26. The van der Waals surface area contributed by atoms with Crippen LogP contribution in [0.2, 0.25) is 0 Å². The van der Waals surface area contributed by atoms with Crippen LogP contribution in [0.25, 0.3) is 22.1 Å². The van der Waals surface area contributed by atoms with Crippen LogP contribution in [0.4, 0.5) is 17.6 Å². The third kappa shape index (κ3) is 4.78. The largest absolute Gasteiger partial charge is 0.573 e. The standard InChI is InChI=1S/C27H22F4N2O3/c1-16-21(17-5-8-20(9-6-17)35-27(29,30)31)3-2-4-22(16)26(34)33-13-11-18(12-14-33)25-23-10-7-19(28)15-24(23)36-32-25/h2-10,15,18H,11-14H2,1H3. The van der Waals surface area contributed by atoms with Gasteiger partial charge >= 0.3 is 6.36 Å². The first kappa shape index (κ1) is 23.8. The molecule has 4 aromatic rings. The molecule has 186 valence electrons. The monoisotopic (exact) mass is 498 g/mol. The molecule has 5 nitrogen and oxygen atoms in total. The molecule has 1 fully saturated rings. The Morgan fingerprint density at radius 3 is 2.47 bits per heavy atom. The summed E-state index contributed by atoms with van der Waals surface area (Å²) < 4.78 is 60.0. The molecule has 1 saturated heterocycles. The molecule has 0 N–H and O–H groups in total. The minimum Gasteiger partial charge on any atom is -0.406 e. The molecule has 1 aliphatic heterocycles. The van der Waals surface area contributed by atoms with E-state index in [1.807, 2.05) is 13.0 Å². The third-order valence-corrected chi connectivity index (χ3v) is 6.59. The number of alkyl halides is 3. The van der Waals surface area contributed by atoms with Crippen LogP contribution in [-0.2, 0) is 0 Å². The Bertz CT molecular complexity index is 1410. The van der Waals surface area contributed by atoms with Crippen molar-refractivity contribution in [2.24, 2.45) is 0 Å².